The van der Waals surface area contributed by atoms with Crippen molar-refractivity contribution in [1.82, 2.24) is 0 Å². The molecular formula is C31H46O. The minimum absolute atomic E-state index is 0.133. The van der Waals surface area contributed by atoms with Crippen LogP contribution in [0.1, 0.15) is 127 Å². The quantitative estimate of drug-likeness (QED) is 0.369. The van der Waals surface area contributed by atoms with Crippen molar-refractivity contribution in [3.05, 3.63) is 58.7 Å². The molecule has 0 bridgehead atoms. The molecule has 0 aliphatic heterocycles. The van der Waals surface area contributed by atoms with Gasteiger partial charge in [-0.3, -0.25) is 0 Å². The van der Waals surface area contributed by atoms with Gasteiger partial charge < -0.3 is 5.11 Å². The minimum atomic E-state index is -0.299. The third-order valence-electron chi connectivity index (χ3n) is 7.84. The highest BCUT2D eigenvalue weighted by atomic mass is 16.3. The maximum absolute atomic E-state index is 10.9. The first kappa shape index (κ1) is 25.0. The van der Waals surface area contributed by atoms with Gasteiger partial charge in [-0.25, -0.2) is 0 Å². The standard InChI is InChI=1S/C29H40O.C2H6/c1-4-6-8-12-16-29(17-13-9-7-5-2)26-15-11-10-14-23(26)25-19-22-18-21(3)28(30)24(22)20-27(25)29;1-2/h10-11,14-15,19-21,28,30H,4-9,12-13,16-18H2,1-3H3;1-2H3. The van der Waals surface area contributed by atoms with Crippen LogP contribution in [-0.4, -0.2) is 5.11 Å². The second-order valence-corrected chi connectivity index (χ2v) is 9.97. The molecule has 0 saturated heterocycles. The van der Waals surface area contributed by atoms with Crippen LogP contribution in [-0.2, 0) is 11.8 Å². The molecular weight excluding hydrogens is 388 g/mol. The molecule has 2 aliphatic rings. The van der Waals surface area contributed by atoms with Gasteiger partial charge in [-0.1, -0.05) is 122 Å². The highest BCUT2D eigenvalue weighted by molar-refractivity contribution is 5.82. The molecule has 0 fully saturated rings. The summed E-state index contributed by atoms with van der Waals surface area (Å²) in [6.07, 6.45) is 13.7. The van der Waals surface area contributed by atoms with E-state index in [1.807, 2.05) is 13.8 Å². The molecule has 0 radical (unpaired) electrons. The summed E-state index contributed by atoms with van der Waals surface area (Å²) in [5.41, 5.74) is 8.69. The predicted octanol–water partition coefficient (Wildman–Crippen LogP) is 9.15. The van der Waals surface area contributed by atoms with Crippen molar-refractivity contribution in [3.8, 4) is 11.1 Å². The molecule has 0 spiro atoms. The van der Waals surface area contributed by atoms with Crippen LogP contribution in [0.2, 0.25) is 0 Å². The van der Waals surface area contributed by atoms with Crippen LogP contribution < -0.4 is 0 Å². The summed E-state index contributed by atoms with van der Waals surface area (Å²) in [6.45, 7) is 10.8. The van der Waals surface area contributed by atoms with Crippen LogP contribution in [0.15, 0.2) is 36.4 Å². The molecule has 1 heteroatoms. The van der Waals surface area contributed by atoms with Gasteiger partial charge in [0.1, 0.15) is 0 Å². The zero-order valence-electron chi connectivity index (χ0n) is 21.3. The highest BCUT2D eigenvalue weighted by Crippen LogP contribution is 2.56. The number of aliphatic hydroxyl groups excluding tert-OH is 1. The number of fused-ring (bicyclic) bond motifs is 4. The zero-order chi connectivity index (χ0) is 23.1. The molecule has 0 heterocycles. The molecule has 32 heavy (non-hydrogen) atoms. The SMILES string of the molecule is CC.CCCCCCC1(CCCCCC)c2ccccc2-c2cc3c(cc21)C(O)C(C)C3. The van der Waals surface area contributed by atoms with Crippen molar-refractivity contribution in [2.24, 2.45) is 5.92 Å². The van der Waals surface area contributed by atoms with Crippen molar-refractivity contribution in [2.45, 2.75) is 117 Å². The summed E-state index contributed by atoms with van der Waals surface area (Å²) in [4.78, 5) is 0. The summed E-state index contributed by atoms with van der Waals surface area (Å²) >= 11 is 0. The fourth-order valence-electron chi connectivity index (χ4n) is 6.15. The maximum atomic E-state index is 10.9. The van der Waals surface area contributed by atoms with Gasteiger partial charge >= 0.3 is 0 Å². The Morgan fingerprint density at radius 2 is 1.44 bits per heavy atom. The second kappa shape index (κ2) is 11.5. The van der Waals surface area contributed by atoms with Gasteiger partial charge in [0.25, 0.3) is 0 Å². The van der Waals surface area contributed by atoms with E-state index in [-0.39, 0.29) is 11.5 Å². The fourth-order valence-corrected chi connectivity index (χ4v) is 6.15. The number of hydrogen-bond acceptors (Lipinski definition) is 1. The van der Waals surface area contributed by atoms with Crippen LogP contribution in [0, 0.1) is 5.92 Å². The average Bonchev–Trinajstić information content (AvgIpc) is 3.26. The topological polar surface area (TPSA) is 20.2 Å². The van der Waals surface area contributed by atoms with Gasteiger partial charge in [-0.05, 0) is 58.6 Å². The van der Waals surface area contributed by atoms with E-state index in [0.29, 0.717) is 5.92 Å². The predicted molar refractivity (Wildman–Crippen MR) is 139 cm³/mol. The number of rotatable bonds is 10. The summed E-state index contributed by atoms with van der Waals surface area (Å²) in [5.74, 6) is 0.335. The van der Waals surface area contributed by atoms with Crippen LogP contribution >= 0.6 is 0 Å². The zero-order valence-corrected chi connectivity index (χ0v) is 21.3. The molecule has 2 aromatic rings. The van der Waals surface area contributed by atoms with Crippen molar-refractivity contribution < 1.29 is 5.11 Å². The third kappa shape index (κ3) is 4.69. The lowest BCUT2D eigenvalue weighted by atomic mass is 9.70. The normalized spacial score (nSPS) is 19.7. The van der Waals surface area contributed by atoms with E-state index in [2.05, 4.69) is 57.2 Å². The average molecular weight is 435 g/mol. The van der Waals surface area contributed by atoms with Gasteiger partial charge in [0.15, 0.2) is 0 Å². The first-order valence-corrected chi connectivity index (χ1v) is 13.6. The molecule has 0 aromatic heterocycles. The monoisotopic (exact) mass is 434 g/mol. The maximum Gasteiger partial charge on any atom is 0.0821 e. The van der Waals surface area contributed by atoms with E-state index in [0.717, 1.165) is 6.42 Å². The van der Waals surface area contributed by atoms with Gasteiger partial charge in [0, 0.05) is 5.41 Å². The van der Waals surface area contributed by atoms with Crippen molar-refractivity contribution >= 4 is 0 Å². The van der Waals surface area contributed by atoms with Crippen LogP contribution in [0.3, 0.4) is 0 Å². The number of unbranched alkanes of at least 4 members (excludes halogenated alkanes) is 6. The van der Waals surface area contributed by atoms with Crippen molar-refractivity contribution in [1.29, 1.82) is 0 Å². The summed E-state index contributed by atoms with van der Waals surface area (Å²) in [6, 6.07) is 14.1. The molecule has 2 atom stereocenters. The molecule has 2 unspecified atom stereocenters. The van der Waals surface area contributed by atoms with Crippen LogP contribution in [0.5, 0.6) is 0 Å². The lowest BCUT2D eigenvalue weighted by molar-refractivity contribution is 0.132. The summed E-state index contributed by atoms with van der Waals surface area (Å²) in [7, 11) is 0. The van der Waals surface area contributed by atoms with Gasteiger partial charge in [-0.2, -0.15) is 0 Å². The van der Waals surface area contributed by atoms with E-state index in [1.165, 1.54) is 92.0 Å². The van der Waals surface area contributed by atoms with Crippen LogP contribution in [0.25, 0.3) is 11.1 Å². The van der Waals surface area contributed by atoms with E-state index in [1.54, 1.807) is 5.56 Å². The molecule has 176 valence electrons. The molecule has 0 saturated carbocycles. The first-order chi connectivity index (χ1) is 15.6. The fraction of sp³-hybridized carbons (Fsp3) is 0.613. The van der Waals surface area contributed by atoms with E-state index >= 15 is 0 Å². The first-order valence-electron chi connectivity index (χ1n) is 13.6. The number of hydrogen-bond donors (Lipinski definition) is 1. The third-order valence-corrected chi connectivity index (χ3v) is 7.84. The Balaban J connectivity index is 0.00000141. The molecule has 1 nitrogen and oxygen atoms in total. The molecule has 0 amide bonds. The lowest BCUT2D eigenvalue weighted by Gasteiger charge is -2.33. The van der Waals surface area contributed by atoms with Gasteiger partial charge in [-0.15, -0.1) is 0 Å². The Bertz CT molecular complexity index is 853. The van der Waals surface area contributed by atoms with Gasteiger partial charge in [0.2, 0.25) is 0 Å². The van der Waals surface area contributed by atoms with E-state index < -0.39 is 0 Å². The molecule has 2 aliphatic carbocycles. The van der Waals surface area contributed by atoms with E-state index in [4.69, 9.17) is 0 Å². The number of aliphatic hydroxyl groups is 1. The lowest BCUT2D eigenvalue weighted by Crippen LogP contribution is -2.26. The van der Waals surface area contributed by atoms with Crippen LogP contribution in [0.4, 0.5) is 0 Å². The Labute approximate surface area is 197 Å². The molecule has 2 aromatic carbocycles. The van der Waals surface area contributed by atoms with Crippen molar-refractivity contribution in [3.63, 3.8) is 0 Å². The largest absolute Gasteiger partial charge is 0.388 e. The highest BCUT2D eigenvalue weighted by Gasteiger charge is 2.43. The number of benzene rings is 2. The molecule has 1 N–H and O–H groups in total. The summed E-state index contributed by atoms with van der Waals surface area (Å²) in [5, 5.41) is 10.9. The Morgan fingerprint density at radius 3 is 2.06 bits per heavy atom. The Hall–Kier alpha value is -1.60. The van der Waals surface area contributed by atoms with Gasteiger partial charge in [0.05, 0.1) is 6.10 Å². The second-order valence-electron chi connectivity index (χ2n) is 9.97. The molecule has 4 rings (SSSR count). The smallest absolute Gasteiger partial charge is 0.0821 e. The Kier molecular flexibility index (Phi) is 9.00. The minimum Gasteiger partial charge on any atom is -0.388 e. The van der Waals surface area contributed by atoms with E-state index in [9.17, 15) is 5.11 Å². The summed E-state index contributed by atoms with van der Waals surface area (Å²) < 4.78 is 0. The Morgan fingerprint density at radius 1 is 0.812 bits per heavy atom. The van der Waals surface area contributed by atoms with Crippen molar-refractivity contribution in [2.75, 3.05) is 0 Å².